The zero-order chi connectivity index (χ0) is 21.8. The van der Waals surface area contributed by atoms with Crippen LogP contribution in [-0.2, 0) is 4.74 Å². The predicted octanol–water partition coefficient (Wildman–Crippen LogP) is 3.82. The molecule has 0 bridgehead atoms. The Kier molecular flexibility index (Phi) is 6.30. The highest BCUT2D eigenvalue weighted by atomic mass is 16.5. The van der Waals surface area contributed by atoms with Crippen molar-refractivity contribution in [1.29, 1.82) is 0 Å². The minimum atomic E-state index is -0.496. The van der Waals surface area contributed by atoms with Crippen molar-refractivity contribution in [3.05, 3.63) is 70.1 Å². The summed E-state index contributed by atoms with van der Waals surface area (Å²) in [6, 6.07) is 13.5. The van der Waals surface area contributed by atoms with Crippen LogP contribution in [0.3, 0.4) is 0 Å². The fraction of sp³-hybridized carbons (Fsp3) is 0.304. The van der Waals surface area contributed by atoms with E-state index in [0.29, 0.717) is 28.6 Å². The number of carbonyl (C=O) groups excluding carboxylic acids is 2. The smallest absolute Gasteiger partial charge is 0.340 e. The van der Waals surface area contributed by atoms with Crippen molar-refractivity contribution in [2.45, 2.75) is 33.7 Å². The van der Waals surface area contributed by atoms with Gasteiger partial charge in [-0.2, -0.15) is 5.10 Å². The van der Waals surface area contributed by atoms with Crippen LogP contribution in [-0.4, -0.2) is 34.8 Å². The van der Waals surface area contributed by atoms with Gasteiger partial charge in [-0.15, -0.1) is 0 Å². The maximum atomic E-state index is 13.6. The number of fused-ring (bicyclic) bond motifs is 1. The monoisotopic (exact) mass is 407 g/mol. The molecule has 1 amide bonds. The van der Waals surface area contributed by atoms with Gasteiger partial charge in [-0.05, 0) is 45.9 Å². The SMILES string of the molecule is CCOC(=O)c1ccccc1N(CC)C(=O)c1nn(C(C)C)c(=O)c2ccccc12. The summed E-state index contributed by atoms with van der Waals surface area (Å²) in [5, 5.41) is 5.31. The molecule has 3 rings (SSSR count). The molecule has 30 heavy (non-hydrogen) atoms. The first-order valence-corrected chi connectivity index (χ1v) is 10.00. The van der Waals surface area contributed by atoms with Crippen molar-refractivity contribution >= 4 is 28.3 Å². The highest BCUT2D eigenvalue weighted by molar-refractivity contribution is 6.14. The van der Waals surface area contributed by atoms with E-state index in [4.69, 9.17) is 4.74 Å². The molecule has 0 atom stereocenters. The van der Waals surface area contributed by atoms with E-state index in [1.165, 1.54) is 9.58 Å². The van der Waals surface area contributed by atoms with Crippen LogP contribution in [0.25, 0.3) is 10.8 Å². The molecule has 1 heterocycles. The Hall–Kier alpha value is -3.48. The molecule has 1 aromatic heterocycles. The van der Waals surface area contributed by atoms with Crippen LogP contribution in [0.15, 0.2) is 53.3 Å². The minimum Gasteiger partial charge on any atom is -0.462 e. The number of amides is 1. The van der Waals surface area contributed by atoms with E-state index in [2.05, 4.69) is 5.10 Å². The first-order valence-electron chi connectivity index (χ1n) is 10.00. The number of rotatable bonds is 6. The zero-order valence-corrected chi connectivity index (χ0v) is 17.6. The zero-order valence-electron chi connectivity index (χ0n) is 17.6. The number of hydrogen-bond acceptors (Lipinski definition) is 5. The normalized spacial score (nSPS) is 11.0. The van der Waals surface area contributed by atoms with Gasteiger partial charge in [-0.3, -0.25) is 9.59 Å². The molecule has 0 spiro atoms. The molecular weight excluding hydrogens is 382 g/mol. The van der Waals surface area contributed by atoms with E-state index in [9.17, 15) is 14.4 Å². The number of para-hydroxylation sites is 1. The molecule has 0 unspecified atom stereocenters. The third-order valence-corrected chi connectivity index (χ3v) is 4.77. The summed E-state index contributed by atoms with van der Waals surface area (Å²) in [6.07, 6.45) is 0. The fourth-order valence-electron chi connectivity index (χ4n) is 3.36. The van der Waals surface area contributed by atoms with Crippen molar-refractivity contribution < 1.29 is 14.3 Å². The molecule has 0 aliphatic rings. The lowest BCUT2D eigenvalue weighted by Crippen LogP contribution is -2.35. The molecule has 0 radical (unpaired) electrons. The van der Waals surface area contributed by atoms with Gasteiger partial charge in [0, 0.05) is 11.9 Å². The van der Waals surface area contributed by atoms with Crippen molar-refractivity contribution in [2.75, 3.05) is 18.1 Å². The molecular formula is C23H25N3O4. The van der Waals surface area contributed by atoms with E-state index in [0.717, 1.165) is 0 Å². The summed E-state index contributed by atoms with van der Waals surface area (Å²) in [6.45, 7) is 7.77. The summed E-state index contributed by atoms with van der Waals surface area (Å²) >= 11 is 0. The van der Waals surface area contributed by atoms with Crippen LogP contribution in [0, 0.1) is 0 Å². The number of anilines is 1. The highest BCUT2D eigenvalue weighted by Gasteiger charge is 2.26. The molecule has 0 saturated heterocycles. The third kappa shape index (κ3) is 3.83. The van der Waals surface area contributed by atoms with Crippen molar-refractivity contribution in [3.63, 3.8) is 0 Å². The molecule has 3 aromatic rings. The van der Waals surface area contributed by atoms with Crippen molar-refractivity contribution in [1.82, 2.24) is 9.78 Å². The lowest BCUT2D eigenvalue weighted by Gasteiger charge is -2.24. The van der Waals surface area contributed by atoms with Gasteiger partial charge in [0.1, 0.15) is 0 Å². The maximum Gasteiger partial charge on any atom is 0.340 e. The van der Waals surface area contributed by atoms with Crippen molar-refractivity contribution in [2.24, 2.45) is 0 Å². The van der Waals surface area contributed by atoms with Gasteiger partial charge < -0.3 is 9.64 Å². The summed E-state index contributed by atoms with van der Waals surface area (Å²) in [5.74, 6) is -0.885. The second-order valence-electron chi connectivity index (χ2n) is 7.02. The highest BCUT2D eigenvalue weighted by Crippen LogP contribution is 2.25. The average molecular weight is 407 g/mol. The van der Waals surface area contributed by atoms with Gasteiger partial charge in [0.25, 0.3) is 11.5 Å². The first-order chi connectivity index (χ1) is 14.4. The molecule has 0 saturated carbocycles. The van der Waals surface area contributed by atoms with Crippen molar-refractivity contribution in [3.8, 4) is 0 Å². The third-order valence-electron chi connectivity index (χ3n) is 4.77. The van der Waals surface area contributed by atoms with Crippen LogP contribution in [0.1, 0.15) is 54.6 Å². The minimum absolute atomic E-state index is 0.166. The van der Waals surface area contributed by atoms with Crippen LogP contribution in [0.5, 0.6) is 0 Å². The van der Waals surface area contributed by atoms with Crippen LogP contribution < -0.4 is 10.5 Å². The number of hydrogen-bond donors (Lipinski definition) is 0. The topological polar surface area (TPSA) is 81.5 Å². The average Bonchev–Trinajstić information content (AvgIpc) is 2.75. The second-order valence-corrected chi connectivity index (χ2v) is 7.02. The number of aromatic nitrogens is 2. The van der Waals surface area contributed by atoms with E-state index >= 15 is 0 Å². The number of esters is 1. The summed E-state index contributed by atoms with van der Waals surface area (Å²) in [4.78, 5) is 40.3. The Morgan fingerprint density at radius 1 is 1.03 bits per heavy atom. The lowest BCUT2D eigenvalue weighted by atomic mass is 10.1. The Bertz CT molecular complexity index is 1150. The van der Waals surface area contributed by atoms with E-state index in [1.54, 1.807) is 55.5 Å². The number of benzene rings is 2. The van der Waals surface area contributed by atoms with Gasteiger partial charge in [0.2, 0.25) is 0 Å². The van der Waals surface area contributed by atoms with E-state index in [1.807, 2.05) is 20.8 Å². The quantitative estimate of drug-likeness (QED) is 0.580. The van der Waals surface area contributed by atoms with E-state index in [-0.39, 0.29) is 29.8 Å². The number of ether oxygens (including phenoxy) is 1. The molecule has 0 N–H and O–H groups in total. The number of carbonyl (C=O) groups is 2. The molecule has 0 fully saturated rings. The maximum absolute atomic E-state index is 13.6. The van der Waals surface area contributed by atoms with Gasteiger partial charge in [0.15, 0.2) is 5.69 Å². The first kappa shape index (κ1) is 21.2. The lowest BCUT2D eigenvalue weighted by molar-refractivity contribution is 0.0527. The summed E-state index contributed by atoms with van der Waals surface area (Å²) in [7, 11) is 0. The Labute approximate surface area is 174 Å². The van der Waals surface area contributed by atoms with Crippen LogP contribution in [0.2, 0.25) is 0 Å². The molecule has 7 heteroatoms. The molecule has 156 valence electrons. The Morgan fingerprint density at radius 3 is 2.30 bits per heavy atom. The van der Waals surface area contributed by atoms with Crippen LogP contribution in [0.4, 0.5) is 5.69 Å². The molecule has 7 nitrogen and oxygen atoms in total. The van der Waals surface area contributed by atoms with E-state index < -0.39 is 5.97 Å². The van der Waals surface area contributed by atoms with Gasteiger partial charge in [-0.25, -0.2) is 9.48 Å². The Balaban J connectivity index is 2.19. The predicted molar refractivity (Wildman–Crippen MR) is 116 cm³/mol. The summed E-state index contributed by atoms with van der Waals surface area (Å²) < 4.78 is 6.47. The second kappa shape index (κ2) is 8.90. The van der Waals surface area contributed by atoms with Gasteiger partial charge in [0.05, 0.1) is 29.3 Å². The standard InChI is InChI=1S/C23H25N3O4/c1-5-25(19-14-10-9-13-18(19)23(29)30-6-2)22(28)20-16-11-7-8-12-17(16)21(27)26(24-20)15(3)4/h7-15H,5-6H2,1-4H3. The molecule has 0 aliphatic heterocycles. The van der Waals surface area contributed by atoms with Gasteiger partial charge >= 0.3 is 5.97 Å². The molecule has 0 aliphatic carbocycles. The fourth-order valence-corrected chi connectivity index (χ4v) is 3.36. The van der Waals surface area contributed by atoms with Gasteiger partial charge in [-0.1, -0.05) is 30.3 Å². The summed E-state index contributed by atoms with van der Waals surface area (Å²) in [5.41, 5.74) is 0.666. The molecule has 2 aromatic carbocycles. The van der Waals surface area contributed by atoms with Crippen LogP contribution >= 0.6 is 0 Å². The largest absolute Gasteiger partial charge is 0.462 e. The Morgan fingerprint density at radius 2 is 1.67 bits per heavy atom. The number of nitrogens with zero attached hydrogens (tertiary/aromatic N) is 3.